The molecule has 2 unspecified atom stereocenters. The van der Waals surface area contributed by atoms with Crippen LogP contribution in [-0.4, -0.2) is 25.9 Å². The summed E-state index contributed by atoms with van der Waals surface area (Å²) in [7, 11) is 0. The summed E-state index contributed by atoms with van der Waals surface area (Å²) in [6, 6.07) is 8.38. The van der Waals surface area contributed by atoms with Crippen LogP contribution in [0.3, 0.4) is 0 Å². The molecule has 0 radical (unpaired) electrons. The number of aryl methyl sites for hydroxylation is 1. The van der Waals surface area contributed by atoms with E-state index in [9.17, 15) is 0 Å². The van der Waals surface area contributed by atoms with Crippen molar-refractivity contribution in [3.8, 4) is 0 Å². The van der Waals surface area contributed by atoms with Crippen molar-refractivity contribution in [3.63, 3.8) is 0 Å². The van der Waals surface area contributed by atoms with E-state index in [2.05, 4.69) is 31.2 Å². The Balaban J connectivity index is 1.86. The van der Waals surface area contributed by atoms with Crippen LogP contribution >= 0.6 is 0 Å². The van der Waals surface area contributed by atoms with Crippen molar-refractivity contribution in [1.29, 1.82) is 0 Å². The fourth-order valence-corrected chi connectivity index (χ4v) is 2.24. The molecule has 1 fully saturated rings. The lowest BCUT2D eigenvalue weighted by Crippen LogP contribution is -2.27. The maximum absolute atomic E-state index is 5.91. The number of nitrogens with two attached hydrogens (primary N) is 1. The van der Waals surface area contributed by atoms with Crippen molar-refractivity contribution in [2.75, 3.05) is 19.8 Å². The highest BCUT2D eigenvalue weighted by atomic mass is 16.5. The van der Waals surface area contributed by atoms with E-state index in [-0.39, 0.29) is 12.2 Å². The Morgan fingerprint density at radius 3 is 2.72 bits per heavy atom. The predicted molar refractivity (Wildman–Crippen MR) is 72.5 cm³/mol. The Labute approximate surface area is 109 Å². The summed E-state index contributed by atoms with van der Waals surface area (Å²) in [5.41, 5.74) is 8.20. The number of hydrogen-bond donors (Lipinski definition) is 1. The van der Waals surface area contributed by atoms with Crippen LogP contribution in [-0.2, 0) is 9.47 Å². The van der Waals surface area contributed by atoms with Gasteiger partial charge in [0.15, 0.2) is 0 Å². The molecule has 1 aliphatic rings. The average molecular weight is 249 g/mol. The average Bonchev–Trinajstić information content (AvgIpc) is 2.42. The third kappa shape index (κ3) is 3.80. The molecule has 0 spiro atoms. The summed E-state index contributed by atoms with van der Waals surface area (Å²) in [5, 5.41) is 0. The molecule has 2 atom stereocenters. The predicted octanol–water partition coefficient (Wildman–Crippen LogP) is 2.58. The molecule has 0 aromatic heterocycles. The van der Waals surface area contributed by atoms with Gasteiger partial charge in [-0.15, -0.1) is 0 Å². The Morgan fingerprint density at radius 2 is 2.11 bits per heavy atom. The Hall–Kier alpha value is -0.900. The molecular formula is C15H23NO2. The van der Waals surface area contributed by atoms with Crippen LogP contribution in [0.4, 0.5) is 0 Å². The fourth-order valence-electron chi connectivity index (χ4n) is 2.24. The highest BCUT2D eigenvalue weighted by Gasteiger charge is 2.17. The van der Waals surface area contributed by atoms with Gasteiger partial charge in [0, 0.05) is 13.2 Å². The van der Waals surface area contributed by atoms with Crippen molar-refractivity contribution in [3.05, 3.63) is 35.4 Å². The van der Waals surface area contributed by atoms with E-state index in [1.807, 2.05) is 0 Å². The highest BCUT2D eigenvalue weighted by molar-refractivity contribution is 5.23. The zero-order valence-corrected chi connectivity index (χ0v) is 11.1. The second-order valence-electron chi connectivity index (χ2n) is 4.96. The summed E-state index contributed by atoms with van der Waals surface area (Å²) in [4.78, 5) is 0. The van der Waals surface area contributed by atoms with Crippen molar-refractivity contribution in [2.24, 2.45) is 5.73 Å². The van der Waals surface area contributed by atoms with E-state index in [4.69, 9.17) is 15.2 Å². The maximum Gasteiger partial charge on any atom is 0.0948 e. The summed E-state index contributed by atoms with van der Waals surface area (Å²) in [6.07, 6.45) is 3.75. The third-order valence-corrected chi connectivity index (χ3v) is 3.42. The van der Waals surface area contributed by atoms with Crippen LogP contribution in [0.25, 0.3) is 0 Å². The molecule has 0 saturated carbocycles. The van der Waals surface area contributed by atoms with E-state index in [1.165, 1.54) is 18.4 Å². The number of benzene rings is 1. The molecule has 2 rings (SSSR count). The molecule has 0 aliphatic carbocycles. The lowest BCUT2D eigenvalue weighted by atomic mass is 10.1. The van der Waals surface area contributed by atoms with Crippen LogP contribution in [0.2, 0.25) is 0 Å². The molecule has 1 saturated heterocycles. The monoisotopic (exact) mass is 249 g/mol. The van der Waals surface area contributed by atoms with Crippen molar-refractivity contribution < 1.29 is 9.47 Å². The van der Waals surface area contributed by atoms with Gasteiger partial charge in [0.1, 0.15) is 0 Å². The van der Waals surface area contributed by atoms with Gasteiger partial charge in [-0.25, -0.2) is 0 Å². The molecule has 100 valence electrons. The quantitative estimate of drug-likeness (QED) is 0.872. The molecule has 3 nitrogen and oxygen atoms in total. The molecule has 1 aromatic rings. The third-order valence-electron chi connectivity index (χ3n) is 3.42. The lowest BCUT2D eigenvalue weighted by molar-refractivity contribution is -0.0617. The lowest BCUT2D eigenvalue weighted by Gasteiger charge is -2.25. The van der Waals surface area contributed by atoms with Gasteiger partial charge in [0.2, 0.25) is 0 Å². The smallest absolute Gasteiger partial charge is 0.0948 e. The number of rotatable bonds is 5. The standard InChI is InChI=1S/C15H23NO2/c1-12-5-7-13(8-6-12)15(10-16)18-11-14-4-2-3-9-17-14/h5-8,14-15H,2-4,9-11,16H2,1H3. The first-order chi connectivity index (χ1) is 8.79. The zero-order chi connectivity index (χ0) is 12.8. The van der Waals surface area contributed by atoms with Crippen LogP contribution in [0.15, 0.2) is 24.3 Å². The molecule has 0 bridgehead atoms. The highest BCUT2D eigenvalue weighted by Crippen LogP contribution is 2.19. The van der Waals surface area contributed by atoms with E-state index < -0.39 is 0 Å². The van der Waals surface area contributed by atoms with Gasteiger partial charge in [-0.2, -0.15) is 0 Å². The second kappa shape index (κ2) is 6.88. The number of ether oxygens (including phenoxy) is 2. The van der Waals surface area contributed by atoms with Crippen LogP contribution < -0.4 is 5.73 Å². The van der Waals surface area contributed by atoms with Crippen LogP contribution in [0.5, 0.6) is 0 Å². The molecule has 3 heteroatoms. The molecular weight excluding hydrogens is 226 g/mol. The van der Waals surface area contributed by atoms with E-state index in [0.29, 0.717) is 13.2 Å². The first-order valence-electron chi connectivity index (χ1n) is 6.79. The summed E-state index contributed by atoms with van der Waals surface area (Å²) < 4.78 is 11.6. The number of hydrogen-bond acceptors (Lipinski definition) is 3. The van der Waals surface area contributed by atoms with Gasteiger partial charge in [-0.05, 0) is 31.7 Å². The second-order valence-corrected chi connectivity index (χ2v) is 4.96. The first kappa shape index (κ1) is 13.5. The van der Waals surface area contributed by atoms with Crippen molar-refractivity contribution in [1.82, 2.24) is 0 Å². The fraction of sp³-hybridized carbons (Fsp3) is 0.600. The maximum atomic E-state index is 5.91. The minimum atomic E-state index is -0.0175. The largest absolute Gasteiger partial charge is 0.376 e. The normalized spacial score (nSPS) is 21.8. The van der Waals surface area contributed by atoms with E-state index in [1.54, 1.807) is 0 Å². The Kier molecular flexibility index (Phi) is 5.17. The van der Waals surface area contributed by atoms with Gasteiger partial charge in [0.25, 0.3) is 0 Å². The van der Waals surface area contributed by atoms with Gasteiger partial charge in [0.05, 0.1) is 18.8 Å². The molecule has 1 heterocycles. The molecule has 1 aliphatic heterocycles. The van der Waals surface area contributed by atoms with Crippen LogP contribution in [0.1, 0.15) is 36.5 Å². The first-order valence-corrected chi connectivity index (χ1v) is 6.79. The van der Waals surface area contributed by atoms with E-state index in [0.717, 1.165) is 18.6 Å². The Bertz CT molecular complexity index is 344. The van der Waals surface area contributed by atoms with Gasteiger partial charge < -0.3 is 15.2 Å². The molecule has 1 aromatic carbocycles. The minimum absolute atomic E-state index is 0.0175. The van der Waals surface area contributed by atoms with Gasteiger partial charge in [-0.1, -0.05) is 29.8 Å². The summed E-state index contributed by atoms with van der Waals surface area (Å²) in [5.74, 6) is 0. The molecule has 2 N–H and O–H groups in total. The van der Waals surface area contributed by atoms with Gasteiger partial charge >= 0.3 is 0 Å². The Morgan fingerprint density at radius 1 is 1.33 bits per heavy atom. The summed E-state index contributed by atoms with van der Waals surface area (Å²) >= 11 is 0. The van der Waals surface area contributed by atoms with E-state index >= 15 is 0 Å². The SMILES string of the molecule is Cc1ccc(C(CN)OCC2CCCCO2)cc1. The molecule has 18 heavy (non-hydrogen) atoms. The molecule has 0 amide bonds. The van der Waals surface area contributed by atoms with Crippen molar-refractivity contribution in [2.45, 2.75) is 38.4 Å². The van der Waals surface area contributed by atoms with Crippen molar-refractivity contribution >= 4 is 0 Å². The summed E-state index contributed by atoms with van der Waals surface area (Å²) in [6.45, 7) is 4.11. The zero-order valence-electron chi connectivity index (χ0n) is 11.1. The minimum Gasteiger partial charge on any atom is -0.376 e. The van der Waals surface area contributed by atoms with Gasteiger partial charge in [-0.3, -0.25) is 0 Å². The topological polar surface area (TPSA) is 44.5 Å². The van der Waals surface area contributed by atoms with Crippen LogP contribution in [0, 0.1) is 6.92 Å².